The summed E-state index contributed by atoms with van der Waals surface area (Å²) in [5.41, 5.74) is 1.72. The molecule has 0 fully saturated rings. The fraction of sp³-hybridized carbons (Fsp3) is 0.318. The van der Waals surface area contributed by atoms with Gasteiger partial charge < -0.3 is 15.4 Å². The number of nitrogens with one attached hydrogen (secondary N) is 2. The van der Waals surface area contributed by atoms with Crippen molar-refractivity contribution in [2.75, 3.05) is 5.32 Å². The molecule has 2 N–H and O–H groups in total. The van der Waals surface area contributed by atoms with E-state index in [2.05, 4.69) is 20.7 Å². The van der Waals surface area contributed by atoms with Gasteiger partial charge in [0.25, 0.3) is 0 Å². The Morgan fingerprint density at radius 3 is 2.93 bits per heavy atom. The Morgan fingerprint density at radius 2 is 2.10 bits per heavy atom. The molecule has 1 atom stereocenters. The maximum Gasteiger partial charge on any atom is 0.319 e. The van der Waals surface area contributed by atoms with Crippen molar-refractivity contribution in [1.29, 1.82) is 0 Å². The zero-order chi connectivity index (χ0) is 20.2. The first kappa shape index (κ1) is 19.0. The van der Waals surface area contributed by atoms with Gasteiger partial charge in [0.1, 0.15) is 11.6 Å². The number of fused-ring (bicyclic) bond motifs is 1. The van der Waals surface area contributed by atoms with E-state index in [1.807, 2.05) is 67.1 Å². The fourth-order valence-corrected chi connectivity index (χ4v) is 3.47. The lowest BCUT2D eigenvalue weighted by Crippen LogP contribution is -2.36. The first-order valence-corrected chi connectivity index (χ1v) is 9.97. The Kier molecular flexibility index (Phi) is 5.46. The van der Waals surface area contributed by atoms with Crippen LogP contribution in [0.5, 0.6) is 11.5 Å². The summed E-state index contributed by atoms with van der Waals surface area (Å²) >= 11 is 0. The monoisotopic (exact) mass is 391 g/mol. The first-order valence-electron chi connectivity index (χ1n) is 9.97. The second-order valence-electron chi connectivity index (χ2n) is 7.17. The average Bonchev–Trinajstić information content (AvgIpc) is 3.14. The number of amides is 2. The van der Waals surface area contributed by atoms with Crippen molar-refractivity contribution in [2.45, 2.75) is 45.7 Å². The quantitative estimate of drug-likeness (QED) is 0.666. The Hall–Kier alpha value is -3.35. The highest BCUT2D eigenvalue weighted by molar-refractivity contribution is 5.91. The number of para-hydroxylation sites is 2. The van der Waals surface area contributed by atoms with Crippen LogP contribution >= 0.6 is 0 Å². The lowest BCUT2D eigenvalue weighted by Gasteiger charge is -2.23. The van der Waals surface area contributed by atoms with Crippen LogP contribution in [-0.2, 0) is 13.0 Å². The van der Waals surface area contributed by atoms with Gasteiger partial charge in [-0.1, -0.05) is 31.2 Å². The molecule has 4 rings (SSSR count). The van der Waals surface area contributed by atoms with Gasteiger partial charge in [0, 0.05) is 13.0 Å². The van der Waals surface area contributed by atoms with Crippen LogP contribution in [0.2, 0.25) is 0 Å². The van der Waals surface area contributed by atoms with Crippen molar-refractivity contribution >= 4 is 11.7 Å². The maximum atomic E-state index is 12.7. The summed E-state index contributed by atoms with van der Waals surface area (Å²) in [7, 11) is 0. The van der Waals surface area contributed by atoms with Gasteiger partial charge in [-0.3, -0.25) is 0 Å². The van der Waals surface area contributed by atoms with Gasteiger partial charge in [-0.25, -0.2) is 14.5 Å². The van der Waals surface area contributed by atoms with E-state index in [4.69, 9.17) is 4.74 Å². The Labute approximate surface area is 170 Å². The number of carbonyl (C=O) groups excluding carboxylic acids is 1. The summed E-state index contributed by atoms with van der Waals surface area (Å²) in [6, 6.07) is 14.8. The van der Waals surface area contributed by atoms with E-state index in [9.17, 15) is 4.79 Å². The summed E-state index contributed by atoms with van der Waals surface area (Å²) in [6.45, 7) is 4.88. The first-order chi connectivity index (χ1) is 14.1. The SMILES string of the molecule is CCc1nc2n(n1)CCCC2NC(=O)Nc1ccccc1Oc1cccc(C)c1. The molecule has 2 aromatic carbocycles. The van der Waals surface area contributed by atoms with Gasteiger partial charge in [0.2, 0.25) is 0 Å². The molecular weight excluding hydrogens is 366 g/mol. The second-order valence-corrected chi connectivity index (χ2v) is 7.17. The third-order valence-corrected chi connectivity index (χ3v) is 4.89. The normalized spacial score (nSPS) is 15.4. The van der Waals surface area contributed by atoms with Crippen molar-refractivity contribution < 1.29 is 9.53 Å². The lowest BCUT2D eigenvalue weighted by atomic mass is 10.1. The van der Waals surface area contributed by atoms with E-state index in [1.54, 1.807) is 0 Å². The van der Waals surface area contributed by atoms with Crippen molar-refractivity contribution in [3.8, 4) is 11.5 Å². The van der Waals surface area contributed by atoms with Crippen molar-refractivity contribution in [2.24, 2.45) is 0 Å². The number of benzene rings is 2. The molecule has 0 radical (unpaired) electrons. The molecule has 2 heterocycles. The average molecular weight is 391 g/mol. The molecule has 0 spiro atoms. The number of anilines is 1. The number of rotatable bonds is 5. The van der Waals surface area contributed by atoms with E-state index in [0.717, 1.165) is 48.8 Å². The summed E-state index contributed by atoms with van der Waals surface area (Å²) in [6.07, 6.45) is 2.58. The van der Waals surface area contributed by atoms with Crippen LogP contribution in [0.4, 0.5) is 10.5 Å². The fourth-order valence-electron chi connectivity index (χ4n) is 3.47. The Balaban J connectivity index is 1.46. The third-order valence-electron chi connectivity index (χ3n) is 4.89. The number of hydrogen-bond donors (Lipinski definition) is 2. The molecule has 29 heavy (non-hydrogen) atoms. The molecule has 1 aliphatic heterocycles. The number of hydrogen-bond acceptors (Lipinski definition) is 4. The van der Waals surface area contributed by atoms with Gasteiger partial charge >= 0.3 is 6.03 Å². The van der Waals surface area contributed by atoms with E-state index in [1.165, 1.54) is 0 Å². The summed E-state index contributed by atoms with van der Waals surface area (Å²) in [5, 5.41) is 10.4. The minimum atomic E-state index is -0.287. The molecule has 2 amide bonds. The highest BCUT2D eigenvalue weighted by atomic mass is 16.5. The minimum Gasteiger partial charge on any atom is -0.455 e. The van der Waals surface area contributed by atoms with Crippen LogP contribution in [0.1, 0.15) is 43.0 Å². The molecule has 1 unspecified atom stereocenters. The van der Waals surface area contributed by atoms with Crippen LogP contribution in [0.15, 0.2) is 48.5 Å². The molecule has 0 saturated heterocycles. The molecule has 1 aromatic heterocycles. The molecule has 0 aliphatic carbocycles. The number of nitrogens with zero attached hydrogens (tertiary/aromatic N) is 3. The summed E-state index contributed by atoms with van der Waals surface area (Å²) in [5.74, 6) is 2.96. The Bertz CT molecular complexity index is 1010. The molecule has 7 heteroatoms. The molecule has 3 aromatic rings. The van der Waals surface area contributed by atoms with Gasteiger partial charge in [0.15, 0.2) is 11.6 Å². The largest absolute Gasteiger partial charge is 0.455 e. The maximum absolute atomic E-state index is 12.7. The predicted molar refractivity (Wildman–Crippen MR) is 111 cm³/mol. The molecule has 1 aliphatic rings. The minimum absolute atomic E-state index is 0.151. The lowest BCUT2D eigenvalue weighted by molar-refractivity contribution is 0.244. The number of urea groups is 1. The number of carbonyl (C=O) groups is 1. The smallest absolute Gasteiger partial charge is 0.319 e. The topological polar surface area (TPSA) is 81.1 Å². The molecular formula is C22H25N5O2. The van der Waals surface area contributed by atoms with E-state index >= 15 is 0 Å². The number of ether oxygens (including phenoxy) is 1. The number of aryl methyl sites for hydroxylation is 3. The zero-order valence-electron chi connectivity index (χ0n) is 16.7. The zero-order valence-corrected chi connectivity index (χ0v) is 16.7. The Morgan fingerprint density at radius 1 is 1.24 bits per heavy atom. The van der Waals surface area contributed by atoms with Crippen LogP contribution in [0.3, 0.4) is 0 Å². The molecule has 7 nitrogen and oxygen atoms in total. The van der Waals surface area contributed by atoms with Crippen LogP contribution in [0.25, 0.3) is 0 Å². The standard InChI is InChI=1S/C22H25N5O2/c1-3-20-25-21-18(11-7-13-27(21)26-20)24-22(28)23-17-10-4-5-12-19(17)29-16-9-6-8-15(2)14-16/h4-6,8-10,12,14,18H,3,7,11,13H2,1-2H3,(H2,23,24,28). The van der Waals surface area contributed by atoms with Crippen LogP contribution in [0, 0.1) is 6.92 Å². The summed E-state index contributed by atoms with van der Waals surface area (Å²) in [4.78, 5) is 17.3. The summed E-state index contributed by atoms with van der Waals surface area (Å²) < 4.78 is 7.89. The van der Waals surface area contributed by atoms with Gasteiger partial charge in [0.05, 0.1) is 11.7 Å². The molecule has 0 bridgehead atoms. The van der Waals surface area contributed by atoms with E-state index < -0.39 is 0 Å². The van der Waals surface area contributed by atoms with Crippen molar-refractivity contribution in [1.82, 2.24) is 20.1 Å². The second kappa shape index (κ2) is 8.34. The highest BCUT2D eigenvalue weighted by Gasteiger charge is 2.25. The van der Waals surface area contributed by atoms with Gasteiger partial charge in [-0.2, -0.15) is 5.10 Å². The van der Waals surface area contributed by atoms with Crippen molar-refractivity contribution in [3.05, 3.63) is 65.7 Å². The highest BCUT2D eigenvalue weighted by Crippen LogP contribution is 2.30. The van der Waals surface area contributed by atoms with Crippen molar-refractivity contribution in [3.63, 3.8) is 0 Å². The third kappa shape index (κ3) is 4.39. The van der Waals surface area contributed by atoms with E-state index in [0.29, 0.717) is 11.4 Å². The molecule has 150 valence electrons. The van der Waals surface area contributed by atoms with Gasteiger partial charge in [-0.15, -0.1) is 0 Å². The van der Waals surface area contributed by atoms with Crippen LogP contribution in [-0.4, -0.2) is 20.8 Å². The predicted octanol–water partition coefficient (Wildman–Crippen LogP) is 4.60. The van der Waals surface area contributed by atoms with Gasteiger partial charge in [-0.05, 0) is 49.6 Å². The van der Waals surface area contributed by atoms with E-state index in [-0.39, 0.29) is 12.1 Å². The van der Waals surface area contributed by atoms with Crippen LogP contribution < -0.4 is 15.4 Å². The molecule has 0 saturated carbocycles. The number of aromatic nitrogens is 3.